The zero-order valence-corrected chi connectivity index (χ0v) is 15.0. The van der Waals surface area contributed by atoms with E-state index in [1.54, 1.807) is 0 Å². The van der Waals surface area contributed by atoms with Gasteiger partial charge in [0.15, 0.2) is 5.96 Å². The summed E-state index contributed by atoms with van der Waals surface area (Å²) in [6, 6.07) is 4.12. The van der Waals surface area contributed by atoms with Crippen LogP contribution < -0.4 is 15.5 Å². The van der Waals surface area contributed by atoms with Crippen LogP contribution in [0.4, 0.5) is 5.82 Å². The molecule has 5 heteroatoms. The Hall–Kier alpha value is -1.78. The molecule has 5 nitrogen and oxygen atoms in total. The minimum absolute atomic E-state index is 0.491. The van der Waals surface area contributed by atoms with Gasteiger partial charge in [-0.1, -0.05) is 13.3 Å². The lowest BCUT2D eigenvalue weighted by atomic mass is 9.67. The monoisotopic (exact) mass is 317 g/mol. The maximum atomic E-state index is 4.73. The molecule has 2 rings (SSSR count). The molecule has 1 heterocycles. The van der Waals surface area contributed by atoms with Crippen molar-refractivity contribution in [2.75, 3.05) is 32.1 Å². The van der Waals surface area contributed by atoms with Crippen LogP contribution in [-0.4, -0.2) is 38.1 Å². The van der Waals surface area contributed by atoms with Gasteiger partial charge < -0.3 is 15.5 Å². The summed E-state index contributed by atoms with van der Waals surface area (Å²) in [5.41, 5.74) is 1.67. The predicted molar refractivity (Wildman–Crippen MR) is 98.0 cm³/mol. The fourth-order valence-electron chi connectivity index (χ4n) is 2.92. The number of aromatic nitrogens is 1. The smallest absolute Gasteiger partial charge is 0.191 e. The largest absolute Gasteiger partial charge is 0.363 e. The second-order valence-electron chi connectivity index (χ2n) is 6.67. The number of rotatable bonds is 7. The van der Waals surface area contributed by atoms with Crippen LogP contribution in [0.25, 0.3) is 0 Å². The summed E-state index contributed by atoms with van der Waals surface area (Å²) in [7, 11) is 4.01. The Morgan fingerprint density at radius 1 is 1.30 bits per heavy atom. The first-order valence-electron chi connectivity index (χ1n) is 8.73. The molecule has 2 N–H and O–H groups in total. The Kier molecular flexibility index (Phi) is 6.25. The number of hydrogen-bond acceptors (Lipinski definition) is 3. The molecule has 128 valence electrons. The van der Waals surface area contributed by atoms with Gasteiger partial charge in [-0.2, -0.15) is 0 Å². The fourth-order valence-corrected chi connectivity index (χ4v) is 2.92. The third-order valence-electron chi connectivity index (χ3n) is 4.83. The maximum Gasteiger partial charge on any atom is 0.191 e. The third-order valence-corrected chi connectivity index (χ3v) is 4.83. The van der Waals surface area contributed by atoms with E-state index in [9.17, 15) is 0 Å². The van der Waals surface area contributed by atoms with Crippen LogP contribution in [0.1, 0.15) is 45.1 Å². The van der Waals surface area contributed by atoms with E-state index in [0.29, 0.717) is 12.0 Å². The first-order valence-corrected chi connectivity index (χ1v) is 8.73. The number of nitrogens with zero attached hydrogens (tertiary/aromatic N) is 3. The van der Waals surface area contributed by atoms with Crippen molar-refractivity contribution in [2.24, 2.45) is 10.4 Å². The Bertz CT molecular complexity index is 514. The normalized spacial score (nSPS) is 16.6. The van der Waals surface area contributed by atoms with Gasteiger partial charge >= 0.3 is 0 Å². The molecule has 1 saturated carbocycles. The molecular formula is C18H31N5. The second kappa shape index (κ2) is 8.18. The molecule has 23 heavy (non-hydrogen) atoms. The van der Waals surface area contributed by atoms with Gasteiger partial charge in [0.05, 0.1) is 6.54 Å². The van der Waals surface area contributed by atoms with Crippen molar-refractivity contribution < 1.29 is 0 Å². The highest BCUT2D eigenvalue weighted by atomic mass is 15.2. The summed E-state index contributed by atoms with van der Waals surface area (Å²) < 4.78 is 0. The summed E-state index contributed by atoms with van der Waals surface area (Å²) in [6.07, 6.45) is 7.14. The minimum atomic E-state index is 0.491. The van der Waals surface area contributed by atoms with Crippen LogP contribution in [0.3, 0.4) is 0 Å². The lowest BCUT2D eigenvalue weighted by Gasteiger charge is -2.41. The van der Waals surface area contributed by atoms with E-state index in [1.807, 2.05) is 31.3 Å². The van der Waals surface area contributed by atoms with Crippen molar-refractivity contribution in [1.82, 2.24) is 15.6 Å². The lowest BCUT2D eigenvalue weighted by Crippen LogP contribution is -2.46. The minimum Gasteiger partial charge on any atom is -0.363 e. The van der Waals surface area contributed by atoms with Gasteiger partial charge in [-0.05, 0) is 49.3 Å². The second-order valence-corrected chi connectivity index (χ2v) is 6.67. The van der Waals surface area contributed by atoms with Gasteiger partial charge in [-0.3, -0.25) is 0 Å². The summed E-state index contributed by atoms with van der Waals surface area (Å²) in [4.78, 5) is 11.1. The average molecular weight is 317 g/mol. The van der Waals surface area contributed by atoms with Crippen molar-refractivity contribution in [3.63, 3.8) is 0 Å². The van der Waals surface area contributed by atoms with Gasteiger partial charge in [-0.25, -0.2) is 9.98 Å². The zero-order chi connectivity index (χ0) is 16.7. The molecule has 0 spiro atoms. The number of anilines is 1. The molecule has 0 saturated heterocycles. The van der Waals surface area contributed by atoms with E-state index in [-0.39, 0.29) is 0 Å². The highest BCUT2D eigenvalue weighted by Crippen LogP contribution is 2.42. The predicted octanol–water partition coefficient (Wildman–Crippen LogP) is 2.78. The van der Waals surface area contributed by atoms with Crippen molar-refractivity contribution in [1.29, 1.82) is 0 Å². The van der Waals surface area contributed by atoms with Gasteiger partial charge in [0.25, 0.3) is 0 Å². The number of hydrogen-bond donors (Lipinski definition) is 2. The Labute approximate surface area is 140 Å². The summed E-state index contributed by atoms with van der Waals surface area (Å²) in [6.45, 7) is 6.97. The van der Waals surface area contributed by atoms with E-state index in [4.69, 9.17) is 4.99 Å². The number of pyridine rings is 1. The average Bonchev–Trinajstić information content (AvgIpc) is 2.52. The highest BCUT2D eigenvalue weighted by molar-refractivity contribution is 5.79. The van der Waals surface area contributed by atoms with Crippen LogP contribution >= 0.6 is 0 Å². The maximum absolute atomic E-state index is 4.73. The van der Waals surface area contributed by atoms with Crippen LogP contribution in [0.15, 0.2) is 23.3 Å². The van der Waals surface area contributed by atoms with E-state index in [1.165, 1.54) is 31.2 Å². The molecule has 0 bridgehead atoms. The first kappa shape index (κ1) is 17.6. The molecule has 1 aromatic heterocycles. The molecule has 0 aromatic carbocycles. The zero-order valence-electron chi connectivity index (χ0n) is 15.0. The van der Waals surface area contributed by atoms with Gasteiger partial charge in [0.1, 0.15) is 5.82 Å². The van der Waals surface area contributed by atoms with E-state index in [2.05, 4.69) is 35.5 Å². The first-order chi connectivity index (χ1) is 11.1. The third kappa shape index (κ3) is 4.85. The Balaban J connectivity index is 1.96. The molecular weight excluding hydrogens is 286 g/mol. The molecule has 1 aromatic rings. The quantitative estimate of drug-likeness (QED) is 0.600. The molecule has 0 unspecified atom stereocenters. The standard InChI is InChI=1S/C18H31N5/c1-5-18(9-7-10-18)14-22-17(19-6-2)21-13-15-8-11-20-16(12-15)23(3)4/h8,11-12H,5-7,9-10,13-14H2,1-4H3,(H2,19,21,22). The Morgan fingerprint density at radius 2 is 2.09 bits per heavy atom. The van der Waals surface area contributed by atoms with E-state index in [0.717, 1.165) is 24.9 Å². The molecule has 0 atom stereocenters. The number of guanidine groups is 1. The molecule has 0 radical (unpaired) electrons. The molecule has 1 aliphatic rings. The number of nitrogens with one attached hydrogen (secondary N) is 2. The van der Waals surface area contributed by atoms with Crippen molar-refractivity contribution in [3.8, 4) is 0 Å². The summed E-state index contributed by atoms with van der Waals surface area (Å²) in [5.74, 6) is 1.88. The van der Waals surface area contributed by atoms with Crippen molar-refractivity contribution in [3.05, 3.63) is 23.9 Å². The number of aliphatic imine (C=N–C) groups is 1. The summed E-state index contributed by atoms with van der Waals surface area (Å²) in [5, 5.41) is 6.88. The van der Waals surface area contributed by atoms with Crippen LogP contribution in [0.5, 0.6) is 0 Å². The molecule has 1 fully saturated rings. The van der Waals surface area contributed by atoms with E-state index >= 15 is 0 Å². The molecule has 1 aliphatic carbocycles. The SMILES string of the molecule is CCNC(=NCc1ccnc(N(C)C)c1)NCC1(CC)CCC1. The van der Waals surface area contributed by atoms with Gasteiger partial charge in [-0.15, -0.1) is 0 Å². The molecule has 0 amide bonds. The van der Waals surface area contributed by atoms with Crippen molar-refractivity contribution in [2.45, 2.75) is 46.1 Å². The Morgan fingerprint density at radius 3 is 2.65 bits per heavy atom. The van der Waals surface area contributed by atoms with Crippen LogP contribution in [-0.2, 0) is 6.54 Å². The van der Waals surface area contributed by atoms with Crippen molar-refractivity contribution >= 4 is 11.8 Å². The highest BCUT2D eigenvalue weighted by Gasteiger charge is 2.34. The molecule has 0 aliphatic heterocycles. The van der Waals surface area contributed by atoms with E-state index < -0.39 is 0 Å². The van der Waals surface area contributed by atoms with Crippen LogP contribution in [0.2, 0.25) is 0 Å². The topological polar surface area (TPSA) is 52.6 Å². The fraction of sp³-hybridized carbons (Fsp3) is 0.667. The van der Waals surface area contributed by atoms with Gasteiger partial charge in [0.2, 0.25) is 0 Å². The van der Waals surface area contributed by atoms with Crippen LogP contribution in [0, 0.1) is 5.41 Å². The lowest BCUT2D eigenvalue weighted by molar-refractivity contribution is 0.131. The summed E-state index contributed by atoms with van der Waals surface area (Å²) >= 11 is 0. The van der Waals surface area contributed by atoms with Gasteiger partial charge in [0, 0.05) is 33.4 Å².